The maximum atomic E-state index is 12.3. The fourth-order valence-electron chi connectivity index (χ4n) is 2.43. The van der Waals surface area contributed by atoms with Gasteiger partial charge >= 0.3 is 0 Å². The Bertz CT molecular complexity index is 822. The molecule has 3 aromatic heterocycles. The molecule has 0 radical (unpaired) electrons. The fraction of sp³-hybridized carbons (Fsp3) is 0.250. The number of hydrogen-bond donors (Lipinski definition) is 1. The van der Waals surface area contributed by atoms with Gasteiger partial charge in [-0.15, -0.1) is 11.3 Å². The van der Waals surface area contributed by atoms with E-state index in [1.54, 1.807) is 18.6 Å². The average molecular weight is 325 g/mol. The Balaban J connectivity index is 1.42. The van der Waals surface area contributed by atoms with E-state index >= 15 is 0 Å². The summed E-state index contributed by atoms with van der Waals surface area (Å²) in [7, 11) is 0. The van der Waals surface area contributed by atoms with Gasteiger partial charge in [-0.1, -0.05) is 0 Å². The van der Waals surface area contributed by atoms with Crippen LogP contribution in [-0.2, 0) is 6.54 Å². The SMILES string of the molecule is O=C(NCc1csc(-c2cnccn2)n1)c1cccn1C1CC1. The minimum atomic E-state index is -0.0593. The lowest BCUT2D eigenvalue weighted by Gasteiger charge is -2.07. The van der Waals surface area contributed by atoms with Crippen molar-refractivity contribution in [2.75, 3.05) is 0 Å². The number of amides is 1. The summed E-state index contributed by atoms with van der Waals surface area (Å²) in [6, 6.07) is 4.27. The van der Waals surface area contributed by atoms with Crippen LogP contribution in [0.3, 0.4) is 0 Å². The van der Waals surface area contributed by atoms with Gasteiger partial charge in [0.15, 0.2) is 0 Å². The highest BCUT2D eigenvalue weighted by atomic mass is 32.1. The van der Waals surface area contributed by atoms with Crippen LogP contribution in [0, 0.1) is 0 Å². The quantitative estimate of drug-likeness (QED) is 0.783. The molecule has 0 spiro atoms. The molecule has 1 aliphatic rings. The van der Waals surface area contributed by atoms with Crippen LogP contribution in [0.1, 0.15) is 35.1 Å². The fourth-order valence-corrected chi connectivity index (χ4v) is 3.21. The van der Waals surface area contributed by atoms with Crippen molar-refractivity contribution < 1.29 is 4.79 Å². The molecule has 116 valence electrons. The molecule has 3 aromatic rings. The van der Waals surface area contributed by atoms with E-state index in [4.69, 9.17) is 0 Å². The van der Waals surface area contributed by atoms with Gasteiger partial charge < -0.3 is 9.88 Å². The normalized spacial score (nSPS) is 13.9. The van der Waals surface area contributed by atoms with Crippen molar-refractivity contribution >= 4 is 17.2 Å². The van der Waals surface area contributed by atoms with Crippen molar-refractivity contribution in [3.05, 3.63) is 53.7 Å². The van der Waals surface area contributed by atoms with Crippen molar-refractivity contribution in [2.45, 2.75) is 25.4 Å². The number of nitrogens with zero attached hydrogens (tertiary/aromatic N) is 4. The molecular weight excluding hydrogens is 310 g/mol. The van der Waals surface area contributed by atoms with E-state index in [0.717, 1.165) is 34.9 Å². The van der Waals surface area contributed by atoms with E-state index in [0.29, 0.717) is 12.6 Å². The number of aromatic nitrogens is 4. The minimum absolute atomic E-state index is 0.0593. The predicted octanol–water partition coefficient (Wildman–Crippen LogP) is 2.67. The Morgan fingerprint density at radius 1 is 1.39 bits per heavy atom. The minimum Gasteiger partial charge on any atom is -0.345 e. The summed E-state index contributed by atoms with van der Waals surface area (Å²) in [5.74, 6) is -0.0593. The van der Waals surface area contributed by atoms with Gasteiger partial charge in [0.25, 0.3) is 5.91 Å². The molecule has 1 saturated carbocycles. The summed E-state index contributed by atoms with van der Waals surface area (Å²) in [4.78, 5) is 25.1. The van der Waals surface area contributed by atoms with Crippen LogP contribution in [0.25, 0.3) is 10.7 Å². The first-order chi connectivity index (χ1) is 11.3. The third kappa shape index (κ3) is 3.00. The van der Waals surface area contributed by atoms with Gasteiger partial charge in [0.2, 0.25) is 0 Å². The zero-order valence-corrected chi connectivity index (χ0v) is 13.2. The summed E-state index contributed by atoms with van der Waals surface area (Å²) in [6.07, 6.45) is 9.24. The standard InChI is InChI=1S/C16H15N5OS/c22-15(14-2-1-7-21(14)12-3-4-12)19-8-11-10-23-16(20-11)13-9-17-5-6-18-13/h1-2,5-7,9-10,12H,3-4,8H2,(H,19,22). The van der Waals surface area contributed by atoms with Crippen LogP contribution >= 0.6 is 11.3 Å². The molecule has 1 fully saturated rings. The van der Waals surface area contributed by atoms with E-state index < -0.39 is 0 Å². The van der Waals surface area contributed by atoms with Crippen molar-refractivity contribution in [1.82, 2.24) is 24.8 Å². The number of carbonyl (C=O) groups is 1. The first kappa shape index (κ1) is 14.1. The first-order valence-corrected chi connectivity index (χ1v) is 8.35. The third-order valence-corrected chi connectivity index (χ3v) is 4.63. The first-order valence-electron chi connectivity index (χ1n) is 7.47. The third-order valence-electron chi connectivity index (χ3n) is 3.72. The molecule has 1 aliphatic carbocycles. The lowest BCUT2D eigenvalue weighted by Crippen LogP contribution is -2.25. The highest BCUT2D eigenvalue weighted by Crippen LogP contribution is 2.36. The summed E-state index contributed by atoms with van der Waals surface area (Å²) in [5.41, 5.74) is 2.29. The van der Waals surface area contributed by atoms with Gasteiger partial charge in [-0.3, -0.25) is 14.8 Å². The Hall–Kier alpha value is -2.54. The summed E-state index contributed by atoms with van der Waals surface area (Å²) in [5, 5.41) is 5.68. The van der Waals surface area contributed by atoms with Crippen LogP contribution in [-0.4, -0.2) is 25.4 Å². The molecule has 0 aliphatic heterocycles. The summed E-state index contributed by atoms with van der Waals surface area (Å²) in [6.45, 7) is 0.408. The molecule has 3 heterocycles. The van der Waals surface area contributed by atoms with Gasteiger partial charge in [-0.25, -0.2) is 4.98 Å². The Morgan fingerprint density at radius 2 is 2.30 bits per heavy atom. The zero-order chi connectivity index (χ0) is 15.6. The monoisotopic (exact) mass is 325 g/mol. The van der Waals surface area contributed by atoms with Gasteiger partial charge in [-0.05, 0) is 25.0 Å². The van der Waals surface area contributed by atoms with Crippen molar-refractivity contribution in [3.8, 4) is 10.7 Å². The van der Waals surface area contributed by atoms with Gasteiger partial charge in [0.05, 0.1) is 18.4 Å². The highest BCUT2D eigenvalue weighted by Gasteiger charge is 2.26. The van der Waals surface area contributed by atoms with E-state index in [-0.39, 0.29) is 5.91 Å². The van der Waals surface area contributed by atoms with Crippen molar-refractivity contribution in [1.29, 1.82) is 0 Å². The molecule has 0 aromatic carbocycles. The maximum Gasteiger partial charge on any atom is 0.268 e. The van der Waals surface area contributed by atoms with Crippen molar-refractivity contribution in [2.24, 2.45) is 0 Å². The lowest BCUT2D eigenvalue weighted by atomic mass is 10.3. The van der Waals surface area contributed by atoms with E-state index in [1.807, 2.05) is 23.7 Å². The second-order valence-electron chi connectivity index (χ2n) is 5.45. The zero-order valence-electron chi connectivity index (χ0n) is 12.3. The second-order valence-corrected chi connectivity index (χ2v) is 6.31. The van der Waals surface area contributed by atoms with Gasteiger partial charge in [0.1, 0.15) is 16.4 Å². The van der Waals surface area contributed by atoms with E-state index in [2.05, 4.69) is 24.8 Å². The Morgan fingerprint density at radius 3 is 3.09 bits per heavy atom. The van der Waals surface area contributed by atoms with Crippen LogP contribution in [0.2, 0.25) is 0 Å². The maximum absolute atomic E-state index is 12.3. The van der Waals surface area contributed by atoms with Crippen LogP contribution in [0.15, 0.2) is 42.3 Å². The van der Waals surface area contributed by atoms with Crippen LogP contribution < -0.4 is 5.32 Å². The van der Waals surface area contributed by atoms with Gasteiger partial charge in [-0.2, -0.15) is 0 Å². The van der Waals surface area contributed by atoms with Crippen molar-refractivity contribution in [3.63, 3.8) is 0 Å². The number of nitrogens with one attached hydrogen (secondary N) is 1. The molecular formula is C16H15N5OS. The van der Waals surface area contributed by atoms with Gasteiger partial charge in [0, 0.05) is 30.0 Å². The summed E-state index contributed by atoms with van der Waals surface area (Å²) < 4.78 is 2.06. The lowest BCUT2D eigenvalue weighted by molar-refractivity contribution is 0.0941. The van der Waals surface area contributed by atoms with E-state index in [9.17, 15) is 4.79 Å². The largest absolute Gasteiger partial charge is 0.345 e. The Labute approximate surface area is 137 Å². The number of hydrogen-bond acceptors (Lipinski definition) is 5. The number of thiazole rings is 1. The molecule has 4 rings (SSSR count). The second kappa shape index (κ2) is 5.92. The number of carbonyl (C=O) groups excluding carboxylic acids is 1. The molecule has 7 heteroatoms. The average Bonchev–Trinajstić information content (AvgIpc) is 3.13. The molecule has 1 amide bonds. The molecule has 0 unspecified atom stereocenters. The molecule has 0 atom stereocenters. The number of rotatable bonds is 5. The summed E-state index contributed by atoms with van der Waals surface area (Å²) >= 11 is 1.50. The van der Waals surface area contributed by atoms with E-state index in [1.165, 1.54) is 11.3 Å². The smallest absolute Gasteiger partial charge is 0.268 e. The highest BCUT2D eigenvalue weighted by molar-refractivity contribution is 7.13. The molecule has 23 heavy (non-hydrogen) atoms. The van der Waals surface area contributed by atoms with Crippen LogP contribution in [0.4, 0.5) is 0 Å². The molecule has 0 bridgehead atoms. The topological polar surface area (TPSA) is 72.7 Å². The van der Waals surface area contributed by atoms with Crippen LogP contribution in [0.5, 0.6) is 0 Å². The Kier molecular flexibility index (Phi) is 3.63. The predicted molar refractivity (Wildman–Crippen MR) is 87.0 cm³/mol. The molecule has 0 saturated heterocycles. The molecule has 1 N–H and O–H groups in total. The molecule has 6 nitrogen and oxygen atoms in total.